The number of carbonyl (C=O) groups excluding carboxylic acids is 2. The Hall–Kier alpha value is -2.21. The Morgan fingerprint density at radius 2 is 1.96 bits per heavy atom. The van der Waals surface area contributed by atoms with Crippen molar-refractivity contribution in [2.45, 2.75) is 51.9 Å². The maximum atomic E-state index is 12.7. The third-order valence-electron chi connectivity index (χ3n) is 4.96. The zero-order valence-corrected chi connectivity index (χ0v) is 16.2. The summed E-state index contributed by atoms with van der Waals surface area (Å²) >= 11 is 1.55. The second-order valence-corrected chi connectivity index (χ2v) is 7.62. The number of aromatic nitrogens is 1. The van der Waals surface area contributed by atoms with Crippen molar-refractivity contribution in [2.24, 2.45) is 0 Å². The number of carbonyl (C=O) groups is 2. The van der Waals surface area contributed by atoms with E-state index in [0.29, 0.717) is 28.6 Å². The molecular formula is C20H24N2O3S. The molecule has 5 nitrogen and oxygen atoms in total. The van der Waals surface area contributed by atoms with Crippen LogP contribution in [0.4, 0.5) is 5.69 Å². The number of hydrogen-bond donors (Lipinski definition) is 1. The largest absolute Gasteiger partial charge is 0.496 e. The van der Waals surface area contributed by atoms with Crippen molar-refractivity contribution in [3.63, 3.8) is 0 Å². The summed E-state index contributed by atoms with van der Waals surface area (Å²) in [4.78, 5) is 29.2. The molecule has 1 aromatic carbocycles. The number of anilines is 1. The van der Waals surface area contributed by atoms with Gasteiger partial charge in [0.2, 0.25) is 0 Å². The van der Waals surface area contributed by atoms with Crippen LogP contribution in [0.3, 0.4) is 0 Å². The monoisotopic (exact) mass is 372 g/mol. The number of hydrogen-bond acceptors (Lipinski definition) is 5. The van der Waals surface area contributed by atoms with E-state index in [1.54, 1.807) is 30.6 Å². The third-order valence-corrected chi connectivity index (χ3v) is 5.97. The lowest BCUT2D eigenvalue weighted by Crippen LogP contribution is -2.16. The molecule has 1 aliphatic rings. The standard InChI is InChI=1S/C20H24N2O3S/c1-12-17(25-3)10-9-15(13(2)23)18(12)22-19(24)16-11-26-20(21-16)14-7-5-4-6-8-14/h9-11,14H,4-8H2,1-3H3,(H,22,24). The van der Waals surface area contributed by atoms with Crippen molar-refractivity contribution in [3.05, 3.63) is 39.3 Å². The number of nitrogens with one attached hydrogen (secondary N) is 1. The zero-order chi connectivity index (χ0) is 18.7. The minimum absolute atomic E-state index is 0.104. The van der Waals surface area contributed by atoms with Gasteiger partial charge in [-0.25, -0.2) is 4.98 Å². The molecule has 3 rings (SSSR count). The van der Waals surface area contributed by atoms with Gasteiger partial charge in [-0.3, -0.25) is 9.59 Å². The number of nitrogens with zero attached hydrogens (tertiary/aromatic N) is 1. The fourth-order valence-corrected chi connectivity index (χ4v) is 4.45. The van der Waals surface area contributed by atoms with E-state index >= 15 is 0 Å². The fourth-order valence-electron chi connectivity index (χ4n) is 3.47. The number of methoxy groups -OCH3 is 1. The first-order chi connectivity index (χ1) is 12.5. The van der Waals surface area contributed by atoms with Crippen LogP contribution in [0, 0.1) is 6.92 Å². The highest BCUT2D eigenvalue weighted by Gasteiger charge is 2.22. The summed E-state index contributed by atoms with van der Waals surface area (Å²) in [6.07, 6.45) is 6.06. The normalized spacial score (nSPS) is 14.9. The molecule has 1 aliphatic carbocycles. The van der Waals surface area contributed by atoms with Crippen LogP contribution in [0.1, 0.15) is 76.4 Å². The molecule has 2 aromatic rings. The molecule has 0 saturated heterocycles. The van der Waals surface area contributed by atoms with Crippen LogP contribution >= 0.6 is 11.3 Å². The van der Waals surface area contributed by atoms with Gasteiger partial charge < -0.3 is 10.1 Å². The van der Waals surface area contributed by atoms with E-state index in [1.165, 1.54) is 26.2 Å². The first-order valence-corrected chi connectivity index (χ1v) is 9.84. The molecule has 0 atom stereocenters. The molecule has 1 heterocycles. The molecule has 0 radical (unpaired) electrons. The van der Waals surface area contributed by atoms with Gasteiger partial charge in [0.05, 0.1) is 17.8 Å². The number of thiazole rings is 1. The van der Waals surface area contributed by atoms with Crippen LogP contribution in [0.25, 0.3) is 0 Å². The zero-order valence-electron chi connectivity index (χ0n) is 15.4. The minimum Gasteiger partial charge on any atom is -0.496 e. The lowest BCUT2D eigenvalue weighted by molar-refractivity contribution is 0.101. The number of ether oxygens (including phenoxy) is 1. The second kappa shape index (κ2) is 7.99. The van der Waals surface area contributed by atoms with Gasteiger partial charge in [-0.2, -0.15) is 0 Å². The average Bonchev–Trinajstić information content (AvgIpc) is 3.14. The summed E-state index contributed by atoms with van der Waals surface area (Å²) in [6.45, 7) is 3.32. The Balaban J connectivity index is 1.84. The van der Waals surface area contributed by atoms with Crippen LogP contribution in [0.2, 0.25) is 0 Å². The van der Waals surface area contributed by atoms with Crippen molar-refractivity contribution in [1.29, 1.82) is 0 Å². The second-order valence-electron chi connectivity index (χ2n) is 6.73. The van der Waals surface area contributed by atoms with Gasteiger partial charge in [0, 0.05) is 22.4 Å². The number of ketones is 1. The van der Waals surface area contributed by atoms with Gasteiger partial charge in [0.15, 0.2) is 5.78 Å². The van der Waals surface area contributed by atoms with Crippen LogP contribution in [0.15, 0.2) is 17.5 Å². The Labute approximate surface area is 157 Å². The average molecular weight is 372 g/mol. The van der Waals surface area contributed by atoms with Gasteiger partial charge in [-0.1, -0.05) is 19.3 Å². The molecular weight excluding hydrogens is 348 g/mol. The topological polar surface area (TPSA) is 68.3 Å². The van der Waals surface area contributed by atoms with Crippen LogP contribution in [-0.4, -0.2) is 23.8 Å². The summed E-state index contributed by atoms with van der Waals surface area (Å²) in [5.74, 6) is 0.711. The van der Waals surface area contributed by atoms with Crippen LogP contribution in [0.5, 0.6) is 5.75 Å². The first-order valence-electron chi connectivity index (χ1n) is 8.96. The summed E-state index contributed by atoms with van der Waals surface area (Å²) in [7, 11) is 1.57. The van der Waals surface area contributed by atoms with Crippen LogP contribution < -0.4 is 10.1 Å². The lowest BCUT2D eigenvalue weighted by Gasteiger charge is -2.18. The maximum absolute atomic E-state index is 12.7. The van der Waals surface area contributed by atoms with E-state index < -0.39 is 0 Å². The molecule has 26 heavy (non-hydrogen) atoms. The quantitative estimate of drug-likeness (QED) is 0.753. The number of rotatable bonds is 5. The summed E-state index contributed by atoms with van der Waals surface area (Å²) < 4.78 is 5.31. The van der Waals surface area contributed by atoms with Crippen LogP contribution in [-0.2, 0) is 0 Å². The van der Waals surface area contributed by atoms with Gasteiger partial charge in [0.1, 0.15) is 11.4 Å². The molecule has 1 aromatic heterocycles. The van der Waals surface area contributed by atoms with Crippen molar-refractivity contribution in [3.8, 4) is 5.75 Å². The molecule has 1 saturated carbocycles. The summed E-state index contributed by atoms with van der Waals surface area (Å²) in [6, 6.07) is 3.42. The fraction of sp³-hybridized carbons (Fsp3) is 0.450. The first kappa shape index (κ1) is 18.6. The number of amides is 1. The van der Waals surface area contributed by atoms with Gasteiger partial charge in [0.25, 0.3) is 5.91 Å². The highest BCUT2D eigenvalue weighted by molar-refractivity contribution is 7.10. The van der Waals surface area contributed by atoms with Crippen molar-refractivity contribution in [1.82, 2.24) is 4.98 Å². The van der Waals surface area contributed by atoms with Crippen molar-refractivity contribution in [2.75, 3.05) is 12.4 Å². The number of benzene rings is 1. The van der Waals surface area contributed by atoms with Crippen molar-refractivity contribution < 1.29 is 14.3 Å². The van der Waals surface area contributed by atoms with E-state index in [0.717, 1.165) is 23.4 Å². The Bertz CT molecular complexity index is 822. The van der Waals surface area contributed by atoms with Gasteiger partial charge in [-0.15, -0.1) is 11.3 Å². The van der Waals surface area contributed by atoms with E-state index in [4.69, 9.17) is 4.74 Å². The van der Waals surface area contributed by atoms with Crippen molar-refractivity contribution >= 4 is 28.7 Å². The highest BCUT2D eigenvalue weighted by atomic mass is 32.1. The SMILES string of the molecule is COc1ccc(C(C)=O)c(NC(=O)c2csc(C3CCCCC3)n2)c1C. The minimum atomic E-state index is -0.290. The molecule has 0 bridgehead atoms. The predicted octanol–water partition coefficient (Wildman–Crippen LogP) is 4.96. The van der Waals surface area contributed by atoms with E-state index in [-0.39, 0.29) is 11.7 Å². The third kappa shape index (κ3) is 3.80. The Morgan fingerprint density at radius 1 is 1.23 bits per heavy atom. The lowest BCUT2D eigenvalue weighted by atomic mass is 9.90. The highest BCUT2D eigenvalue weighted by Crippen LogP contribution is 2.35. The van der Waals surface area contributed by atoms with Gasteiger partial charge in [-0.05, 0) is 38.8 Å². The summed E-state index contributed by atoms with van der Waals surface area (Å²) in [5, 5.41) is 5.72. The maximum Gasteiger partial charge on any atom is 0.275 e. The molecule has 138 valence electrons. The van der Waals surface area contributed by atoms with E-state index in [1.807, 2.05) is 12.3 Å². The Morgan fingerprint density at radius 3 is 2.62 bits per heavy atom. The Kier molecular flexibility index (Phi) is 5.71. The predicted molar refractivity (Wildman–Crippen MR) is 104 cm³/mol. The molecule has 6 heteroatoms. The molecule has 1 fully saturated rings. The summed E-state index contributed by atoms with van der Waals surface area (Å²) in [5.41, 5.74) is 2.11. The molecule has 0 unspecified atom stereocenters. The van der Waals surface area contributed by atoms with E-state index in [9.17, 15) is 9.59 Å². The molecule has 1 amide bonds. The number of Topliss-reactive ketones (excluding diaryl/α,β-unsaturated/α-hetero) is 1. The molecule has 1 N–H and O–H groups in total. The van der Waals surface area contributed by atoms with E-state index in [2.05, 4.69) is 10.3 Å². The smallest absolute Gasteiger partial charge is 0.275 e. The molecule has 0 aliphatic heterocycles. The van der Waals surface area contributed by atoms with Gasteiger partial charge >= 0.3 is 0 Å². The molecule has 0 spiro atoms.